The Kier molecular flexibility index (Phi) is 7.33. The van der Waals surface area contributed by atoms with Crippen molar-refractivity contribution in [2.24, 2.45) is 0 Å². The molecular formula is C18H21F3N5O4PS. The zero-order chi connectivity index (χ0) is 23.5. The summed E-state index contributed by atoms with van der Waals surface area (Å²) in [7, 11) is -2.95. The highest BCUT2D eigenvalue weighted by atomic mass is 32.2. The van der Waals surface area contributed by atoms with E-state index < -0.39 is 32.2 Å². The van der Waals surface area contributed by atoms with Crippen LogP contribution in [0.5, 0.6) is 5.75 Å². The van der Waals surface area contributed by atoms with Crippen LogP contribution in [0.4, 0.5) is 19.1 Å². The molecule has 3 N–H and O–H groups in total. The van der Waals surface area contributed by atoms with Gasteiger partial charge in [-0.2, -0.15) is 18.2 Å². The predicted octanol–water partition coefficient (Wildman–Crippen LogP) is 3.76. The number of imidazole rings is 1. The number of nitrogens with zero attached hydrogens (tertiary/aromatic N) is 4. The Bertz CT molecular complexity index is 1140. The average Bonchev–Trinajstić information content (AvgIpc) is 3.08. The van der Waals surface area contributed by atoms with E-state index in [1.54, 1.807) is 24.7 Å². The van der Waals surface area contributed by atoms with Crippen molar-refractivity contribution in [2.75, 3.05) is 25.4 Å². The van der Waals surface area contributed by atoms with Gasteiger partial charge in [0, 0.05) is 0 Å². The number of nitrogen functional groups attached to an aromatic ring is 1. The van der Waals surface area contributed by atoms with Crippen molar-refractivity contribution in [3.63, 3.8) is 0 Å². The van der Waals surface area contributed by atoms with Gasteiger partial charge in [-0.3, -0.25) is 4.57 Å². The molecule has 2 atom stereocenters. The van der Waals surface area contributed by atoms with Crippen molar-refractivity contribution in [3.8, 4) is 5.75 Å². The molecule has 9 nitrogen and oxygen atoms in total. The van der Waals surface area contributed by atoms with Crippen LogP contribution >= 0.6 is 19.1 Å². The fourth-order valence-corrected chi connectivity index (χ4v) is 4.97. The molecule has 0 bridgehead atoms. The first-order valence-electron chi connectivity index (χ1n) is 9.26. The van der Waals surface area contributed by atoms with Gasteiger partial charge in [-0.15, -0.1) is 0 Å². The summed E-state index contributed by atoms with van der Waals surface area (Å²) in [5.41, 5.74) is 6.73. The van der Waals surface area contributed by atoms with Crippen LogP contribution in [0.15, 0.2) is 40.5 Å². The molecule has 1 aromatic carbocycles. The lowest BCUT2D eigenvalue weighted by molar-refractivity contribution is -0.108. The standard InChI is InChI=1S/C18H21F3N5O4PS/c1-11(30-10-31(27,28)8-18(19,20)21)7-26-9-23-14-15(26)24-17(22)25-16(14)32-13-6-4-3-5-12(13)29-2/h3-6,9,11H,7-8,10H2,1-2H3,(H,27,28)(H2,22,24,25). The molecule has 174 valence electrons. The number of hydrogen-bond acceptors (Lipinski definition) is 8. The zero-order valence-corrected chi connectivity index (χ0v) is 18.8. The van der Waals surface area contributed by atoms with E-state index in [9.17, 15) is 22.6 Å². The van der Waals surface area contributed by atoms with Crippen LogP contribution in [-0.4, -0.2) is 56.3 Å². The fourth-order valence-electron chi connectivity index (χ4n) is 2.85. The third-order valence-electron chi connectivity index (χ3n) is 4.17. The van der Waals surface area contributed by atoms with Crippen molar-refractivity contribution >= 4 is 36.2 Å². The normalized spacial score (nSPS) is 14.9. The Morgan fingerprint density at radius 2 is 2.03 bits per heavy atom. The number of fused-ring (bicyclic) bond motifs is 1. The highest BCUT2D eigenvalue weighted by molar-refractivity contribution is 7.99. The van der Waals surface area contributed by atoms with Crippen LogP contribution in [0.2, 0.25) is 0 Å². The van der Waals surface area contributed by atoms with E-state index in [1.807, 2.05) is 18.2 Å². The quantitative estimate of drug-likeness (QED) is 0.340. The smallest absolute Gasteiger partial charge is 0.398 e. The fraction of sp³-hybridized carbons (Fsp3) is 0.389. The monoisotopic (exact) mass is 491 g/mol. The first kappa shape index (κ1) is 24.3. The second kappa shape index (κ2) is 9.65. The Morgan fingerprint density at radius 3 is 2.72 bits per heavy atom. The highest BCUT2D eigenvalue weighted by Crippen LogP contribution is 2.45. The van der Waals surface area contributed by atoms with Gasteiger partial charge in [0.1, 0.15) is 28.8 Å². The molecule has 2 aromatic heterocycles. The number of benzene rings is 1. The van der Waals surface area contributed by atoms with E-state index >= 15 is 0 Å². The van der Waals surface area contributed by atoms with Crippen molar-refractivity contribution in [2.45, 2.75) is 35.7 Å². The number of para-hydroxylation sites is 1. The Labute approximate surface area is 185 Å². The lowest BCUT2D eigenvalue weighted by Gasteiger charge is -2.18. The summed E-state index contributed by atoms with van der Waals surface area (Å²) in [6.45, 7) is 1.69. The van der Waals surface area contributed by atoms with Crippen LogP contribution < -0.4 is 10.5 Å². The maximum atomic E-state index is 12.4. The number of hydrogen-bond donors (Lipinski definition) is 2. The van der Waals surface area contributed by atoms with Gasteiger partial charge in [0.15, 0.2) is 5.65 Å². The van der Waals surface area contributed by atoms with Gasteiger partial charge >= 0.3 is 6.18 Å². The van der Waals surface area contributed by atoms with Gasteiger partial charge in [-0.25, -0.2) is 9.97 Å². The number of alkyl halides is 3. The molecule has 32 heavy (non-hydrogen) atoms. The summed E-state index contributed by atoms with van der Waals surface area (Å²) >= 11 is 1.29. The average molecular weight is 491 g/mol. The number of halogens is 3. The maximum absolute atomic E-state index is 12.4. The summed E-state index contributed by atoms with van der Waals surface area (Å²) in [4.78, 5) is 23.1. The highest BCUT2D eigenvalue weighted by Gasteiger charge is 2.38. The Balaban J connectivity index is 1.77. The lowest BCUT2D eigenvalue weighted by atomic mass is 10.3. The predicted molar refractivity (Wildman–Crippen MR) is 113 cm³/mol. The molecule has 2 unspecified atom stereocenters. The van der Waals surface area contributed by atoms with E-state index in [0.29, 0.717) is 21.9 Å². The summed E-state index contributed by atoms with van der Waals surface area (Å²) in [6.07, 6.45) is -6.68. The van der Waals surface area contributed by atoms with Crippen LogP contribution in [-0.2, 0) is 15.8 Å². The van der Waals surface area contributed by atoms with Gasteiger partial charge in [-0.1, -0.05) is 23.9 Å². The minimum absolute atomic E-state index is 0.00950. The molecule has 0 amide bonds. The van der Waals surface area contributed by atoms with Gasteiger partial charge in [0.25, 0.3) is 0 Å². The molecule has 0 aliphatic carbocycles. The Hall–Kier alpha value is -2.34. The molecule has 0 spiro atoms. The molecule has 0 fully saturated rings. The maximum Gasteiger partial charge on any atom is 0.398 e. The van der Waals surface area contributed by atoms with Crippen molar-refractivity contribution in [1.29, 1.82) is 0 Å². The van der Waals surface area contributed by atoms with E-state index in [0.717, 1.165) is 4.90 Å². The number of methoxy groups -OCH3 is 1. The molecule has 0 aliphatic rings. The van der Waals surface area contributed by atoms with E-state index in [2.05, 4.69) is 15.0 Å². The van der Waals surface area contributed by atoms with Crippen molar-refractivity contribution < 1.29 is 32.1 Å². The van der Waals surface area contributed by atoms with Crippen LogP contribution in [0.25, 0.3) is 11.2 Å². The minimum atomic E-state index is -4.75. The first-order valence-corrected chi connectivity index (χ1v) is 12.1. The topological polar surface area (TPSA) is 125 Å². The number of ether oxygens (including phenoxy) is 2. The third-order valence-corrected chi connectivity index (χ3v) is 6.61. The molecule has 0 saturated carbocycles. The molecule has 0 radical (unpaired) electrons. The van der Waals surface area contributed by atoms with Crippen molar-refractivity contribution in [1.82, 2.24) is 19.5 Å². The van der Waals surface area contributed by atoms with E-state index in [4.69, 9.17) is 15.2 Å². The summed E-state index contributed by atoms with van der Waals surface area (Å²) < 4.78 is 61.0. The molecule has 0 saturated heterocycles. The van der Waals surface area contributed by atoms with Gasteiger partial charge in [0.05, 0.1) is 31.0 Å². The van der Waals surface area contributed by atoms with Crippen LogP contribution in [0, 0.1) is 0 Å². The van der Waals surface area contributed by atoms with Crippen LogP contribution in [0.1, 0.15) is 6.92 Å². The number of rotatable bonds is 9. The zero-order valence-electron chi connectivity index (χ0n) is 17.1. The third kappa shape index (κ3) is 6.35. The summed E-state index contributed by atoms with van der Waals surface area (Å²) in [5.74, 6) is 0.659. The Morgan fingerprint density at radius 1 is 1.31 bits per heavy atom. The number of nitrogens with two attached hydrogens (primary N) is 1. The van der Waals surface area contributed by atoms with Gasteiger partial charge in [0.2, 0.25) is 13.3 Å². The molecule has 0 aliphatic heterocycles. The van der Waals surface area contributed by atoms with E-state index in [-0.39, 0.29) is 12.5 Å². The van der Waals surface area contributed by atoms with E-state index in [1.165, 1.54) is 18.1 Å². The molecule has 3 rings (SSSR count). The number of aromatic nitrogens is 4. The first-order chi connectivity index (χ1) is 15.0. The summed E-state index contributed by atoms with van der Waals surface area (Å²) in [6, 6.07) is 7.35. The molecule has 14 heteroatoms. The second-order valence-corrected chi connectivity index (χ2v) is 10.2. The largest absolute Gasteiger partial charge is 0.496 e. The molecule has 3 aromatic rings. The van der Waals surface area contributed by atoms with Gasteiger partial charge < -0.3 is 24.7 Å². The molecule has 2 heterocycles. The molecular weight excluding hydrogens is 470 g/mol. The number of anilines is 1. The van der Waals surface area contributed by atoms with Crippen molar-refractivity contribution in [3.05, 3.63) is 30.6 Å². The lowest BCUT2D eigenvalue weighted by Crippen LogP contribution is -2.20. The minimum Gasteiger partial charge on any atom is -0.496 e. The second-order valence-electron chi connectivity index (χ2n) is 6.93. The van der Waals surface area contributed by atoms with Gasteiger partial charge in [-0.05, 0) is 19.1 Å². The summed E-state index contributed by atoms with van der Waals surface area (Å²) in [5, 5.41) is 0.495. The SMILES string of the molecule is COc1ccccc1Sc1nc(N)nc2c1ncn2CC(C)OCP(=O)(O)CC(F)(F)F. The van der Waals surface area contributed by atoms with Crippen LogP contribution in [0.3, 0.4) is 0 Å².